The number of aromatic nitrogens is 2. The van der Waals surface area contributed by atoms with E-state index in [1.54, 1.807) is 6.92 Å². The topological polar surface area (TPSA) is 78.2 Å². The molecule has 0 saturated carbocycles. The molecule has 0 aliphatic rings. The number of nitrogens with zero attached hydrogens (tertiary/aromatic N) is 3. The Kier molecular flexibility index (Phi) is 2.81. The summed E-state index contributed by atoms with van der Waals surface area (Å²) in [5, 5.41) is 11.5. The molecule has 0 unspecified atom stereocenters. The number of nitro benzene ring substituents is 1. The zero-order chi connectivity index (χ0) is 12.6. The molecule has 0 amide bonds. The maximum Gasteiger partial charge on any atom is 0.311 e. The summed E-state index contributed by atoms with van der Waals surface area (Å²) in [6.45, 7) is 1.69. The lowest BCUT2D eigenvalue weighted by atomic mass is 10.2. The van der Waals surface area contributed by atoms with Gasteiger partial charge in [-0.05, 0) is 6.92 Å². The van der Waals surface area contributed by atoms with E-state index in [2.05, 4.69) is 9.97 Å². The van der Waals surface area contributed by atoms with Gasteiger partial charge in [0.05, 0.1) is 17.5 Å². The number of ether oxygens (including phenoxy) is 1. The molecule has 88 valence electrons. The molecule has 6 nitrogen and oxygen atoms in total. The largest absolute Gasteiger partial charge is 0.490 e. The van der Waals surface area contributed by atoms with E-state index in [9.17, 15) is 10.1 Å². The Morgan fingerprint density at radius 3 is 2.71 bits per heavy atom. The van der Waals surface area contributed by atoms with Crippen LogP contribution in [-0.4, -0.2) is 22.0 Å². The van der Waals surface area contributed by atoms with E-state index >= 15 is 0 Å². The van der Waals surface area contributed by atoms with Crippen molar-refractivity contribution in [1.82, 2.24) is 9.97 Å². The van der Waals surface area contributed by atoms with Gasteiger partial charge in [0.1, 0.15) is 11.0 Å². The van der Waals surface area contributed by atoms with Gasteiger partial charge in [-0.15, -0.1) is 0 Å². The molecule has 0 fully saturated rings. The lowest BCUT2D eigenvalue weighted by Crippen LogP contribution is -1.96. The second-order valence-corrected chi connectivity index (χ2v) is 3.72. The highest BCUT2D eigenvalue weighted by molar-refractivity contribution is 6.34. The van der Waals surface area contributed by atoms with Crippen molar-refractivity contribution in [1.29, 1.82) is 0 Å². The van der Waals surface area contributed by atoms with Crippen LogP contribution in [0.25, 0.3) is 10.9 Å². The lowest BCUT2D eigenvalue weighted by molar-refractivity contribution is -0.385. The standard InChI is InChI=1S/C10H8ClN3O3/c1-5-12-7-4-9(17-2)8(14(15)16)3-6(7)10(11)13-5/h3-4H,1-2H3. The Labute approximate surface area is 101 Å². The summed E-state index contributed by atoms with van der Waals surface area (Å²) in [5.41, 5.74) is 0.360. The summed E-state index contributed by atoms with van der Waals surface area (Å²) in [6, 6.07) is 2.80. The molecule has 17 heavy (non-hydrogen) atoms. The van der Waals surface area contributed by atoms with Gasteiger partial charge in [-0.3, -0.25) is 10.1 Å². The van der Waals surface area contributed by atoms with Crippen molar-refractivity contribution in [2.45, 2.75) is 6.92 Å². The van der Waals surface area contributed by atoms with Crippen molar-refractivity contribution in [3.8, 4) is 5.75 Å². The third-order valence-corrected chi connectivity index (χ3v) is 2.55. The van der Waals surface area contributed by atoms with Crippen molar-refractivity contribution in [2.24, 2.45) is 0 Å². The first kappa shape index (κ1) is 11.5. The quantitative estimate of drug-likeness (QED) is 0.467. The molecule has 1 heterocycles. The number of aryl methyl sites for hydroxylation is 1. The number of rotatable bonds is 2. The van der Waals surface area contributed by atoms with E-state index in [1.807, 2.05) is 0 Å². The molecule has 0 spiro atoms. The molecule has 0 aliphatic carbocycles. The Morgan fingerprint density at radius 1 is 1.41 bits per heavy atom. The summed E-state index contributed by atoms with van der Waals surface area (Å²) in [6.07, 6.45) is 0. The minimum Gasteiger partial charge on any atom is -0.490 e. The maximum absolute atomic E-state index is 10.8. The van der Waals surface area contributed by atoms with E-state index in [1.165, 1.54) is 19.2 Å². The summed E-state index contributed by atoms with van der Waals surface area (Å²) in [7, 11) is 1.36. The van der Waals surface area contributed by atoms with E-state index in [-0.39, 0.29) is 16.6 Å². The monoisotopic (exact) mass is 253 g/mol. The second kappa shape index (κ2) is 4.14. The van der Waals surface area contributed by atoms with Crippen molar-refractivity contribution < 1.29 is 9.66 Å². The minimum atomic E-state index is -0.533. The molecule has 1 aromatic carbocycles. The van der Waals surface area contributed by atoms with Gasteiger partial charge in [-0.2, -0.15) is 0 Å². The molecule has 0 N–H and O–H groups in total. The first-order valence-electron chi connectivity index (χ1n) is 4.69. The predicted molar refractivity (Wildman–Crippen MR) is 62.5 cm³/mol. The fourth-order valence-electron chi connectivity index (χ4n) is 1.52. The first-order valence-corrected chi connectivity index (χ1v) is 5.07. The van der Waals surface area contributed by atoms with E-state index < -0.39 is 4.92 Å². The third kappa shape index (κ3) is 1.99. The fraction of sp³-hybridized carbons (Fsp3) is 0.200. The third-order valence-electron chi connectivity index (χ3n) is 2.26. The Hall–Kier alpha value is -1.95. The van der Waals surface area contributed by atoms with Crippen LogP contribution < -0.4 is 4.74 Å². The van der Waals surface area contributed by atoms with Gasteiger partial charge in [0.25, 0.3) is 0 Å². The van der Waals surface area contributed by atoms with Crippen molar-refractivity contribution in [3.05, 3.63) is 33.2 Å². The fourth-order valence-corrected chi connectivity index (χ4v) is 1.80. The van der Waals surface area contributed by atoms with Crippen LogP contribution in [0.4, 0.5) is 5.69 Å². The highest BCUT2D eigenvalue weighted by Crippen LogP contribution is 2.33. The SMILES string of the molecule is COc1cc2nc(C)nc(Cl)c2cc1[N+](=O)[O-]. The van der Waals surface area contributed by atoms with Crippen LogP contribution in [0.1, 0.15) is 5.82 Å². The van der Waals surface area contributed by atoms with Crippen LogP contribution in [0.5, 0.6) is 5.75 Å². The van der Waals surface area contributed by atoms with E-state index in [0.717, 1.165) is 0 Å². The van der Waals surface area contributed by atoms with Crippen molar-refractivity contribution in [2.75, 3.05) is 7.11 Å². The Balaban J connectivity index is 2.83. The van der Waals surface area contributed by atoms with Crippen LogP contribution in [0.2, 0.25) is 5.15 Å². The molecule has 2 rings (SSSR count). The van der Waals surface area contributed by atoms with Crippen LogP contribution in [0.15, 0.2) is 12.1 Å². The summed E-state index contributed by atoms with van der Waals surface area (Å²) >= 11 is 5.92. The van der Waals surface area contributed by atoms with Gasteiger partial charge < -0.3 is 4.74 Å². The zero-order valence-corrected chi connectivity index (χ0v) is 9.85. The highest BCUT2D eigenvalue weighted by atomic mass is 35.5. The summed E-state index contributed by atoms with van der Waals surface area (Å²) < 4.78 is 4.95. The van der Waals surface area contributed by atoms with Crippen molar-refractivity contribution >= 4 is 28.2 Å². The number of nitro groups is 1. The van der Waals surface area contributed by atoms with E-state index in [0.29, 0.717) is 16.7 Å². The number of hydrogen-bond donors (Lipinski definition) is 0. The van der Waals surface area contributed by atoms with Gasteiger partial charge in [-0.25, -0.2) is 9.97 Å². The van der Waals surface area contributed by atoms with E-state index in [4.69, 9.17) is 16.3 Å². The molecule has 2 aromatic rings. The van der Waals surface area contributed by atoms with Gasteiger partial charge >= 0.3 is 5.69 Å². The van der Waals surface area contributed by atoms with Crippen molar-refractivity contribution in [3.63, 3.8) is 0 Å². The molecule has 1 aromatic heterocycles. The molecule has 0 aliphatic heterocycles. The molecule has 0 radical (unpaired) electrons. The van der Waals surface area contributed by atoms with Crippen LogP contribution in [-0.2, 0) is 0 Å². The molecule has 0 saturated heterocycles. The van der Waals surface area contributed by atoms with Crippen LogP contribution >= 0.6 is 11.6 Å². The number of fused-ring (bicyclic) bond motifs is 1. The average Bonchev–Trinajstić information content (AvgIpc) is 2.26. The highest BCUT2D eigenvalue weighted by Gasteiger charge is 2.18. The predicted octanol–water partition coefficient (Wildman–Crippen LogP) is 2.51. The van der Waals surface area contributed by atoms with Gasteiger partial charge in [0, 0.05) is 17.5 Å². The first-order chi connectivity index (χ1) is 8.02. The zero-order valence-electron chi connectivity index (χ0n) is 9.10. The number of halogens is 1. The smallest absolute Gasteiger partial charge is 0.311 e. The van der Waals surface area contributed by atoms with Gasteiger partial charge in [0.15, 0.2) is 5.75 Å². The maximum atomic E-state index is 10.8. The van der Waals surface area contributed by atoms with Crippen LogP contribution in [0.3, 0.4) is 0 Å². The second-order valence-electron chi connectivity index (χ2n) is 3.36. The Morgan fingerprint density at radius 2 is 2.12 bits per heavy atom. The molecule has 0 atom stereocenters. The molecular formula is C10H8ClN3O3. The summed E-state index contributed by atoms with van der Waals surface area (Å²) in [4.78, 5) is 18.4. The molecule has 0 bridgehead atoms. The molecule has 7 heteroatoms. The number of methoxy groups -OCH3 is 1. The van der Waals surface area contributed by atoms with Crippen LogP contribution in [0, 0.1) is 17.0 Å². The molecular weight excluding hydrogens is 246 g/mol. The van der Waals surface area contributed by atoms with Gasteiger partial charge in [-0.1, -0.05) is 11.6 Å². The normalized spacial score (nSPS) is 10.5. The lowest BCUT2D eigenvalue weighted by Gasteiger charge is -2.05. The minimum absolute atomic E-state index is 0.150. The number of hydrogen-bond acceptors (Lipinski definition) is 5. The Bertz CT molecular complexity index is 615. The number of benzene rings is 1. The summed E-state index contributed by atoms with van der Waals surface area (Å²) in [5.74, 6) is 0.648. The van der Waals surface area contributed by atoms with Gasteiger partial charge in [0.2, 0.25) is 0 Å². The average molecular weight is 254 g/mol.